The summed E-state index contributed by atoms with van der Waals surface area (Å²) in [6.07, 6.45) is 5.17. The van der Waals surface area contributed by atoms with E-state index < -0.39 is 0 Å². The second-order valence-corrected chi connectivity index (χ2v) is 5.82. The average molecular weight is 279 g/mol. The van der Waals surface area contributed by atoms with Crippen LogP contribution in [0, 0.1) is 0 Å². The lowest BCUT2D eigenvalue weighted by atomic mass is 10.0. The molecule has 0 saturated carbocycles. The second kappa shape index (κ2) is 5.51. The van der Waals surface area contributed by atoms with Crippen molar-refractivity contribution in [3.8, 4) is 0 Å². The Labute approximate surface area is 118 Å². The van der Waals surface area contributed by atoms with Crippen molar-refractivity contribution in [3.05, 3.63) is 34.3 Å². The molecule has 1 aliphatic heterocycles. The summed E-state index contributed by atoms with van der Waals surface area (Å²) in [5, 5.41) is 7.29. The predicted octanol–water partition coefficient (Wildman–Crippen LogP) is 2.59. The van der Waals surface area contributed by atoms with Crippen molar-refractivity contribution in [1.82, 2.24) is 10.6 Å². The first-order chi connectivity index (χ1) is 9.25. The number of carbonyl (C=O) groups is 1. The number of carbonyl (C=O) groups excluding carboxylic acids is 1. The minimum absolute atomic E-state index is 0.0167. The van der Waals surface area contributed by atoms with Crippen LogP contribution in [0.15, 0.2) is 18.2 Å². The summed E-state index contributed by atoms with van der Waals surface area (Å²) in [6.45, 7) is 0.950. The van der Waals surface area contributed by atoms with Crippen LogP contribution in [-0.2, 0) is 11.2 Å². The maximum Gasteiger partial charge on any atom is 0.237 e. The number of piperidine rings is 1. The third kappa shape index (κ3) is 2.63. The molecule has 0 radical (unpaired) electrons. The summed E-state index contributed by atoms with van der Waals surface area (Å²) >= 11 is 6.20. The van der Waals surface area contributed by atoms with E-state index in [0.717, 1.165) is 37.3 Å². The largest absolute Gasteiger partial charge is 0.348 e. The van der Waals surface area contributed by atoms with Crippen molar-refractivity contribution >= 4 is 17.5 Å². The van der Waals surface area contributed by atoms with E-state index in [2.05, 4.69) is 16.7 Å². The molecule has 0 bridgehead atoms. The molecule has 1 amide bonds. The van der Waals surface area contributed by atoms with Gasteiger partial charge in [-0.15, -0.1) is 0 Å². The lowest BCUT2D eigenvalue weighted by molar-refractivity contribution is -0.124. The van der Waals surface area contributed by atoms with Crippen LogP contribution in [0.3, 0.4) is 0 Å². The fourth-order valence-corrected chi connectivity index (χ4v) is 3.38. The first kappa shape index (κ1) is 12.9. The van der Waals surface area contributed by atoms with Crippen LogP contribution in [-0.4, -0.2) is 18.5 Å². The molecule has 1 fully saturated rings. The summed E-state index contributed by atoms with van der Waals surface area (Å²) in [5.74, 6) is 0.137. The molecule has 4 heteroatoms. The molecule has 2 unspecified atom stereocenters. The number of nitrogens with one attached hydrogen (secondary N) is 2. The second-order valence-electron chi connectivity index (χ2n) is 5.41. The predicted molar refractivity (Wildman–Crippen MR) is 76.3 cm³/mol. The molecular formula is C15H19ClN2O. The van der Waals surface area contributed by atoms with Crippen molar-refractivity contribution in [2.45, 2.75) is 44.2 Å². The van der Waals surface area contributed by atoms with Crippen molar-refractivity contribution in [2.75, 3.05) is 6.54 Å². The number of hydrogen-bond acceptors (Lipinski definition) is 2. The van der Waals surface area contributed by atoms with E-state index in [4.69, 9.17) is 11.6 Å². The van der Waals surface area contributed by atoms with Crippen molar-refractivity contribution in [2.24, 2.45) is 0 Å². The molecule has 1 aromatic carbocycles. The Morgan fingerprint density at radius 2 is 2.21 bits per heavy atom. The van der Waals surface area contributed by atoms with Gasteiger partial charge in [-0.25, -0.2) is 0 Å². The van der Waals surface area contributed by atoms with E-state index in [0.29, 0.717) is 0 Å². The van der Waals surface area contributed by atoms with Crippen LogP contribution in [0.1, 0.15) is 42.9 Å². The van der Waals surface area contributed by atoms with Gasteiger partial charge >= 0.3 is 0 Å². The molecule has 19 heavy (non-hydrogen) atoms. The van der Waals surface area contributed by atoms with Gasteiger partial charge < -0.3 is 10.6 Å². The maximum absolute atomic E-state index is 12.2. The van der Waals surface area contributed by atoms with Crippen LogP contribution in [0.2, 0.25) is 5.02 Å². The van der Waals surface area contributed by atoms with Gasteiger partial charge in [0.25, 0.3) is 0 Å². The zero-order chi connectivity index (χ0) is 13.2. The molecule has 102 valence electrons. The van der Waals surface area contributed by atoms with Gasteiger partial charge in [0.2, 0.25) is 5.91 Å². The normalized spacial score (nSPS) is 25.9. The zero-order valence-electron chi connectivity index (χ0n) is 10.9. The van der Waals surface area contributed by atoms with E-state index in [1.165, 1.54) is 17.5 Å². The molecular weight excluding hydrogens is 260 g/mol. The van der Waals surface area contributed by atoms with Crippen molar-refractivity contribution < 1.29 is 4.79 Å². The first-order valence-corrected chi connectivity index (χ1v) is 7.44. The Bertz CT molecular complexity index is 483. The van der Waals surface area contributed by atoms with Crippen molar-refractivity contribution in [1.29, 1.82) is 0 Å². The Morgan fingerprint density at radius 1 is 1.32 bits per heavy atom. The standard InChI is InChI=1S/C15H19ClN2O/c16-12-5-3-4-11-10(12)7-8-13(11)18-15(19)14-6-1-2-9-17-14/h3-5,13-14,17H,1-2,6-9H2,(H,18,19). The Kier molecular flexibility index (Phi) is 3.76. The van der Waals surface area contributed by atoms with Gasteiger partial charge in [0, 0.05) is 5.02 Å². The molecule has 0 aromatic heterocycles. The van der Waals surface area contributed by atoms with Gasteiger partial charge in [0.05, 0.1) is 12.1 Å². The highest BCUT2D eigenvalue weighted by Gasteiger charge is 2.28. The van der Waals surface area contributed by atoms with Gasteiger partial charge in [0.1, 0.15) is 0 Å². The highest BCUT2D eigenvalue weighted by atomic mass is 35.5. The van der Waals surface area contributed by atoms with E-state index in [1.54, 1.807) is 0 Å². The summed E-state index contributed by atoms with van der Waals surface area (Å²) in [6, 6.07) is 6.08. The van der Waals surface area contributed by atoms with Crippen LogP contribution in [0.25, 0.3) is 0 Å². The molecule has 1 aliphatic carbocycles. The lowest BCUT2D eigenvalue weighted by Crippen LogP contribution is -2.47. The Hall–Kier alpha value is -1.06. The summed E-state index contributed by atoms with van der Waals surface area (Å²) in [4.78, 5) is 12.2. The summed E-state index contributed by atoms with van der Waals surface area (Å²) in [7, 11) is 0. The third-order valence-electron chi connectivity index (χ3n) is 4.16. The molecule has 1 saturated heterocycles. The van der Waals surface area contributed by atoms with E-state index >= 15 is 0 Å². The fourth-order valence-electron chi connectivity index (χ4n) is 3.11. The molecule has 3 rings (SSSR count). The van der Waals surface area contributed by atoms with Crippen LogP contribution < -0.4 is 10.6 Å². The quantitative estimate of drug-likeness (QED) is 0.873. The van der Waals surface area contributed by atoms with Gasteiger partial charge in [-0.05, 0) is 49.4 Å². The monoisotopic (exact) mass is 278 g/mol. The fraction of sp³-hybridized carbons (Fsp3) is 0.533. The highest BCUT2D eigenvalue weighted by molar-refractivity contribution is 6.31. The van der Waals surface area contributed by atoms with Crippen molar-refractivity contribution in [3.63, 3.8) is 0 Å². The molecule has 2 atom stereocenters. The SMILES string of the molecule is O=C(NC1CCc2c(Cl)cccc21)C1CCCCN1. The maximum atomic E-state index is 12.2. The third-order valence-corrected chi connectivity index (χ3v) is 4.51. The van der Waals surface area contributed by atoms with Gasteiger partial charge in [-0.2, -0.15) is 0 Å². The molecule has 0 spiro atoms. The van der Waals surface area contributed by atoms with Crippen LogP contribution in [0.5, 0.6) is 0 Å². The number of amides is 1. The molecule has 1 aromatic rings. The van der Waals surface area contributed by atoms with E-state index in [1.807, 2.05) is 12.1 Å². The minimum Gasteiger partial charge on any atom is -0.348 e. The smallest absolute Gasteiger partial charge is 0.237 e. The molecule has 3 nitrogen and oxygen atoms in total. The molecule has 2 N–H and O–H groups in total. The number of hydrogen-bond donors (Lipinski definition) is 2. The van der Waals surface area contributed by atoms with E-state index in [9.17, 15) is 4.79 Å². The van der Waals surface area contributed by atoms with Gasteiger partial charge in [0.15, 0.2) is 0 Å². The first-order valence-electron chi connectivity index (χ1n) is 7.07. The van der Waals surface area contributed by atoms with Crippen LogP contribution >= 0.6 is 11.6 Å². The summed E-state index contributed by atoms with van der Waals surface area (Å²) in [5.41, 5.74) is 2.39. The topological polar surface area (TPSA) is 41.1 Å². The van der Waals surface area contributed by atoms with E-state index in [-0.39, 0.29) is 18.0 Å². The number of benzene rings is 1. The summed E-state index contributed by atoms with van der Waals surface area (Å²) < 4.78 is 0. The number of rotatable bonds is 2. The molecule has 1 heterocycles. The highest BCUT2D eigenvalue weighted by Crippen LogP contribution is 2.35. The number of fused-ring (bicyclic) bond motifs is 1. The Morgan fingerprint density at radius 3 is 3.00 bits per heavy atom. The number of halogens is 1. The minimum atomic E-state index is -0.0167. The Balaban J connectivity index is 1.69. The molecule has 2 aliphatic rings. The zero-order valence-corrected chi connectivity index (χ0v) is 11.7. The van der Waals surface area contributed by atoms with Gasteiger partial charge in [-0.1, -0.05) is 30.2 Å². The lowest BCUT2D eigenvalue weighted by Gasteiger charge is -2.24. The average Bonchev–Trinajstić information content (AvgIpc) is 2.84. The van der Waals surface area contributed by atoms with Crippen LogP contribution in [0.4, 0.5) is 0 Å². The van der Waals surface area contributed by atoms with Gasteiger partial charge in [-0.3, -0.25) is 4.79 Å².